The first-order valence-corrected chi connectivity index (χ1v) is 8.57. The SMILES string of the molecule is COc1ccc2c(c1OC)NC(Nc1c(C)cccc1Cl)c1cncn1-2. The smallest absolute Gasteiger partial charge is 0.186 e. The first-order valence-electron chi connectivity index (χ1n) is 8.19. The summed E-state index contributed by atoms with van der Waals surface area (Å²) in [4.78, 5) is 4.32. The Morgan fingerprint density at radius 3 is 2.77 bits per heavy atom. The summed E-state index contributed by atoms with van der Waals surface area (Å²) in [5, 5.41) is 7.66. The van der Waals surface area contributed by atoms with Crippen LogP contribution in [0.25, 0.3) is 5.69 Å². The van der Waals surface area contributed by atoms with Crippen LogP contribution in [-0.2, 0) is 0 Å². The molecular formula is C19H19ClN4O2. The number of hydrogen-bond donors (Lipinski definition) is 2. The molecule has 1 unspecified atom stereocenters. The molecule has 6 nitrogen and oxygen atoms in total. The van der Waals surface area contributed by atoms with E-state index in [4.69, 9.17) is 21.1 Å². The molecule has 0 aliphatic carbocycles. The molecular weight excluding hydrogens is 352 g/mol. The third-order valence-electron chi connectivity index (χ3n) is 4.55. The average Bonchev–Trinajstić information content (AvgIpc) is 3.14. The predicted octanol–water partition coefficient (Wildman–Crippen LogP) is 4.39. The van der Waals surface area contributed by atoms with Crippen LogP contribution < -0.4 is 20.1 Å². The van der Waals surface area contributed by atoms with E-state index in [9.17, 15) is 0 Å². The number of aryl methyl sites for hydroxylation is 1. The Bertz CT molecular complexity index is 950. The maximum Gasteiger partial charge on any atom is 0.186 e. The monoisotopic (exact) mass is 370 g/mol. The first-order chi connectivity index (χ1) is 12.6. The first kappa shape index (κ1) is 16.6. The molecule has 0 saturated heterocycles. The van der Waals surface area contributed by atoms with Crippen LogP contribution in [-0.4, -0.2) is 23.8 Å². The number of anilines is 2. The summed E-state index contributed by atoms with van der Waals surface area (Å²) >= 11 is 6.40. The minimum absolute atomic E-state index is 0.232. The van der Waals surface area contributed by atoms with E-state index in [2.05, 4.69) is 15.6 Å². The quantitative estimate of drug-likeness (QED) is 0.713. The number of rotatable bonds is 4. The molecule has 0 bridgehead atoms. The second kappa shape index (κ2) is 6.46. The maximum atomic E-state index is 6.40. The molecule has 134 valence electrons. The fourth-order valence-corrected chi connectivity index (χ4v) is 3.54. The number of ether oxygens (including phenoxy) is 2. The number of nitrogens with one attached hydrogen (secondary N) is 2. The van der Waals surface area contributed by atoms with Gasteiger partial charge in [-0.2, -0.15) is 0 Å². The van der Waals surface area contributed by atoms with Gasteiger partial charge in [-0.3, -0.25) is 4.57 Å². The van der Waals surface area contributed by atoms with Gasteiger partial charge in [0.05, 0.1) is 48.8 Å². The number of halogens is 1. The van der Waals surface area contributed by atoms with Crippen molar-refractivity contribution in [1.82, 2.24) is 9.55 Å². The number of hydrogen-bond acceptors (Lipinski definition) is 5. The Hall–Kier alpha value is -2.86. The van der Waals surface area contributed by atoms with Crippen molar-refractivity contribution in [3.8, 4) is 17.2 Å². The van der Waals surface area contributed by atoms with Crippen LogP contribution in [0.5, 0.6) is 11.5 Å². The molecule has 1 aromatic heterocycles. The molecule has 0 saturated carbocycles. The van der Waals surface area contributed by atoms with Crippen molar-refractivity contribution in [2.45, 2.75) is 13.1 Å². The van der Waals surface area contributed by atoms with Crippen molar-refractivity contribution in [2.24, 2.45) is 0 Å². The zero-order chi connectivity index (χ0) is 18.3. The number of imidazole rings is 1. The normalized spacial score (nSPS) is 14.8. The maximum absolute atomic E-state index is 6.40. The predicted molar refractivity (Wildman–Crippen MR) is 103 cm³/mol. The molecule has 2 heterocycles. The van der Waals surface area contributed by atoms with Gasteiger partial charge >= 0.3 is 0 Å². The fourth-order valence-electron chi connectivity index (χ4n) is 3.26. The summed E-state index contributed by atoms with van der Waals surface area (Å²) in [5.41, 5.74) is 4.70. The number of aromatic nitrogens is 2. The Morgan fingerprint density at radius 2 is 2.04 bits per heavy atom. The van der Waals surface area contributed by atoms with Crippen LogP contribution >= 0.6 is 11.6 Å². The molecule has 0 amide bonds. The van der Waals surface area contributed by atoms with E-state index in [0.29, 0.717) is 16.5 Å². The van der Waals surface area contributed by atoms with Gasteiger partial charge in [-0.15, -0.1) is 0 Å². The summed E-state index contributed by atoms with van der Waals surface area (Å²) in [6.07, 6.45) is 3.38. The molecule has 4 rings (SSSR count). The van der Waals surface area contributed by atoms with E-state index in [-0.39, 0.29) is 6.17 Å². The van der Waals surface area contributed by atoms with Gasteiger partial charge in [-0.1, -0.05) is 23.7 Å². The minimum atomic E-state index is -0.232. The third kappa shape index (κ3) is 2.54. The molecule has 0 spiro atoms. The fraction of sp³-hybridized carbons (Fsp3) is 0.211. The van der Waals surface area contributed by atoms with Crippen LogP contribution in [0.1, 0.15) is 17.4 Å². The molecule has 1 aliphatic rings. The van der Waals surface area contributed by atoms with Crippen molar-refractivity contribution in [1.29, 1.82) is 0 Å². The molecule has 7 heteroatoms. The molecule has 26 heavy (non-hydrogen) atoms. The van der Waals surface area contributed by atoms with E-state index in [1.54, 1.807) is 20.5 Å². The Labute approximate surface area is 156 Å². The number of para-hydroxylation sites is 1. The lowest BCUT2D eigenvalue weighted by atomic mass is 10.1. The van der Waals surface area contributed by atoms with E-state index in [0.717, 1.165) is 28.3 Å². The van der Waals surface area contributed by atoms with Gasteiger partial charge in [-0.25, -0.2) is 4.98 Å². The highest BCUT2D eigenvalue weighted by atomic mass is 35.5. The van der Waals surface area contributed by atoms with Crippen LogP contribution in [0.15, 0.2) is 42.9 Å². The lowest BCUT2D eigenvalue weighted by Gasteiger charge is -2.32. The minimum Gasteiger partial charge on any atom is -0.493 e. The zero-order valence-corrected chi connectivity index (χ0v) is 15.5. The average molecular weight is 371 g/mol. The van der Waals surface area contributed by atoms with Crippen LogP contribution in [0.2, 0.25) is 5.02 Å². The van der Waals surface area contributed by atoms with Crippen molar-refractivity contribution in [2.75, 3.05) is 24.9 Å². The van der Waals surface area contributed by atoms with Gasteiger partial charge in [-0.05, 0) is 30.7 Å². The van der Waals surface area contributed by atoms with Crippen molar-refractivity contribution >= 4 is 23.0 Å². The summed E-state index contributed by atoms with van der Waals surface area (Å²) in [5.74, 6) is 1.31. The van der Waals surface area contributed by atoms with E-state index >= 15 is 0 Å². The second-order valence-corrected chi connectivity index (χ2v) is 6.44. The van der Waals surface area contributed by atoms with Crippen LogP contribution in [0.3, 0.4) is 0 Å². The number of nitrogens with zero attached hydrogens (tertiary/aromatic N) is 2. The van der Waals surface area contributed by atoms with Crippen molar-refractivity contribution in [3.05, 3.63) is 59.1 Å². The zero-order valence-electron chi connectivity index (χ0n) is 14.7. The highest BCUT2D eigenvalue weighted by Gasteiger charge is 2.29. The van der Waals surface area contributed by atoms with Gasteiger partial charge in [0.15, 0.2) is 11.5 Å². The van der Waals surface area contributed by atoms with E-state index < -0.39 is 0 Å². The van der Waals surface area contributed by atoms with E-state index in [1.807, 2.05) is 48.0 Å². The van der Waals surface area contributed by atoms with Gasteiger partial charge < -0.3 is 20.1 Å². The molecule has 0 radical (unpaired) electrons. The van der Waals surface area contributed by atoms with Crippen LogP contribution in [0.4, 0.5) is 11.4 Å². The highest BCUT2D eigenvalue weighted by Crippen LogP contribution is 2.45. The second-order valence-electron chi connectivity index (χ2n) is 6.04. The largest absolute Gasteiger partial charge is 0.493 e. The molecule has 2 aromatic carbocycles. The Morgan fingerprint density at radius 1 is 1.19 bits per heavy atom. The lowest BCUT2D eigenvalue weighted by molar-refractivity contribution is 0.355. The molecule has 0 fully saturated rings. The van der Waals surface area contributed by atoms with Crippen molar-refractivity contribution in [3.63, 3.8) is 0 Å². The topological polar surface area (TPSA) is 60.3 Å². The molecule has 3 aromatic rings. The highest BCUT2D eigenvalue weighted by molar-refractivity contribution is 6.33. The van der Waals surface area contributed by atoms with Gasteiger partial charge in [0.25, 0.3) is 0 Å². The van der Waals surface area contributed by atoms with Gasteiger partial charge in [0.2, 0.25) is 0 Å². The summed E-state index contributed by atoms with van der Waals surface area (Å²) in [6.45, 7) is 2.02. The standard InChI is InChI=1S/C19H19ClN4O2/c1-11-5-4-6-12(20)16(11)22-19-14-9-21-10-24(14)13-7-8-15(25-2)18(26-3)17(13)23-19/h4-10,19,22-23H,1-3H3. The van der Waals surface area contributed by atoms with Gasteiger partial charge in [0.1, 0.15) is 11.9 Å². The number of benzene rings is 2. The molecule has 1 aliphatic heterocycles. The number of methoxy groups -OCH3 is 2. The Balaban J connectivity index is 1.81. The molecule has 2 N–H and O–H groups in total. The Kier molecular flexibility index (Phi) is 4.12. The molecule has 1 atom stereocenters. The van der Waals surface area contributed by atoms with Crippen LogP contribution in [0, 0.1) is 6.92 Å². The number of fused-ring (bicyclic) bond motifs is 3. The summed E-state index contributed by atoms with van der Waals surface area (Å²) in [6, 6.07) is 9.69. The lowest BCUT2D eigenvalue weighted by Crippen LogP contribution is -2.28. The van der Waals surface area contributed by atoms with E-state index in [1.165, 1.54) is 0 Å². The van der Waals surface area contributed by atoms with Gasteiger partial charge in [0, 0.05) is 0 Å². The summed E-state index contributed by atoms with van der Waals surface area (Å²) < 4.78 is 13.1. The third-order valence-corrected chi connectivity index (χ3v) is 4.86. The van der Waals surface area contributed by atoms with Crippen molar-refractivity contribution < 1.29 is 9.47 Å². The summed E-state index contributed by atoms with van der Waals surface area (Å²) in [7, 11) is 3.25.